The molecule has 8 heteroatoms. The van der Waals surface area contributed by atoms with Gasteiger partial charge in [-0.25, -0.2) is 9.67 Å². The Morgan fingerprint density at radius 3 is 2.45 bits per heavy atom. The number of rotatable bonds is 4. The van der Waals surface area contributed by atoms with E-state index in [2.05, 4.69) is 20.5 Å². The third-order valence-electron chi connectivity index (χ3n) is 4.85. The highest BCUT2D eigenvalue weighted by Crippen LogP contribution is 2.21. The van der Waals surface area contributed by atoms with Crippen molar-refractivity contribution in [2.45, 2.75) is 20.8 Å². The number of carbonyl (C=O) groups excluding carboxylic acids is 2. The van der Waals surface area contributed by atoms with Gasteiger partial charge in [-0.3, -0.25) is 14.3 Å². The van der Waals surface area contributed by atoms with Gasteiger partial charge in [-0.05, 0) is 39.0 Å². The lowest BCUT2D eigenvalue weighted by molar-refractivity contribution is -0.112. The van der Waals surface area contributed by atoms with Crippen molar-refractivity contribution < 1.29 is 9.59 Å². The summed E-state index contributed by atoms with van der Waals surface area (Å²) >= 11 is 0. The van der Waals surface area contributed by atoms with E-state index in [4.69, 9.17) is 0 Å². The Labute approximate surface area is 167 Å². The Morgan fingerprint density at radius 1 is 1.00 bits per heavy atom. The van der Waals surface area contributed by atoms with Crippen LogP contribution < -0.4 is 5.32 Å². The number of aryl methyl sites for hydroxylation is 3. The second-order valence-corrected chi connectivity index (χ2v) is 6.88. The van der Waals surface area contributed by atoms with E-state index < -0.39 is 11.7 Å². The fourth-order valence-electron chi connectivity index (χ4n) is 3.47. The summed E-state index contributed by atoms with van der Waals surface area (Å²) in [6, 6.07) is 11.2. The molecule has 8 nitrogen and oxygen atoms in total. The second-order valence-electron chi connectivity index (χ2n) is 6.88. The number of hydrogen-bond donors (Lipinski definition) is 1. The van der Waals surface area contributed by atoms with Crippen LogP contribution >= 0.6 is 0 Å². The molecule has 0 aliphatic rings. The molecule has 0 atom stereocenters. The summed E-state index contributed by atoms with van der Waals surface area (Å²) in [6.45, 7) is 5.37. The molecule has 0 spiro atoms. The fraction of sp³-hybridized carbons (Fsp3) is 0.190. The van der Waals surface area contributed by atoms with Crippen molar-refractivity contribution in [2.24, 2.45) is 7.05 Å². The number of ketones is 1. The largest absolute Gasteiger partial charge is 0.318 e. The van der Waals surface area contributed by atoms with E-state index in [0.717, 1.165) is 16.8 Å². The molecule has 29 heavy (non-hydrogen) atoms. The highest BCUT2D eigenvalue weighted by Gasteiger charge is 2.25. The van der Waals surface area contributed by atoms with Crippen molar-refractivity contribution in [3.63, 3.8) is 0 Å². The average Bonchev–Trinajstić information content (AvgIpc) is 3.16. The molecule has 4 rings (SSSR count). The number of aromatic nitrogens is 5. The van der Waals surface area contributed by atoms with Crippen LogP contribution in [0.1, 0.15) is 27.4 Å². The zero-order chi connectivity index (χ0) is 20.7. The van der Waals surface area contributed by atoms with Gasteiger partial charge in [-0.15, -0.1) is 0 Å². The van der Waals surface area contributed by atoms with Crippen LogP contribution in [0.15, 0.2) is 42.6 Å². The van der Waals surface area contributed by atoms with Crippen LogP contribution in [0.3, 0.4) is 0 Å². The van der Waals surface area contributed by atoms with Crippen LogP contribution in [0.2, 0.25) is 0 Å². The molecule has 4 aromatic rings. The monoisotopic (exact) mass is 388 g/mol. The molecule has 146 valence electrons. The SMILES string of the molecule is Cc1nn(-c2ccccc2)c(C)c1C(=O)C(=O)Nc1cnc2c(c1)c(C)nn2C. The summed E-state index contributed by atoms with van der Waals surface area (Å²) in [5, 5.41) is 12.2. The molecule has 1 amide bonds. The van der Waals surface area contributed by atoms with Crippen LogP contribution in [0, 0.1) is 20.8 Å². The van der Waals surface area contributed by atoms with Crippen LogP contribution in [-0.4, -0.2) is 36.2 Å². The number of carbonyl (C=O) groups is 2. The minimum absolute atomic E-state index is 0.304. The molecule has 3 heterocycles. The van der Waals surface area contributed by atoms with Crippen LogP contribution in [0.25, 0.3) is 16.7 Å². The topological polar surface area (TPSA) is 94.7 Å². The lowest BCUT2D eigenvalue weighted by atomic mass is 10.1. The van der Waals surface area contributed by atoms with Crippen molar-refractivity contribution in [2.75, 3.05) is 5.32 Å². The third-order valence-corrected chi connectivity index (χ3v) is 4.85. The molecule has 1 aromatic carbocycles. The number of fused-ring (bicyclic) bond motifs is 1. The number of hydrogen-bond acceptors (Lipinski definition) is 5. The zero-order valence-electron chi connectivity index (χ0n) is 16.6. The Kier molecular flexibility index (Phi) is 4.46. The lowest BCUT2D eigenvalue weighted by Gasteiger charge is -2.06. The Bertz CT molecular complexity index is 1250. The molecular weight excluding hydrogens is 368 g/mol. The van der Waals surface area contributed by atoms with E-state index in [1.165, 1.54) is 6.20 Å². The van der Waals surface area contributed by atoms with Gasteiger partial charge in [0.15, 0.2) is 5.65 Å². The van der Waals surface area contributed by atoms with Gasteiger partial charge in [-0.2, -0.15) is 10.2 Å². The van der Waals surface area contributed by atoms with E-state index in [0.29, 0.717) is 28.3 Å². The molecule has 0 fully saturated rings. The van der Waals surface area contributed by atoms with Gasteiger partial charge in [0, 0.05) is 12.4 Å². The molecule has 0 radical (unpaired) electrons. The van der Waals surface area contributed by atoms with Crippen LogP contribution in [-0.2, 0) is 11.8 Å². The summed E-state index contributed by atoms with van der Waals surface area (Å²) in [7, 11) is 1.81. The first-order chi connectivity index (χ1) is 13.9. The Hall–Kier alpha value is -3.81. The summed E-state index contributed by atoms with van der Waals surface area (Å²) < 4.78 is 3.34. The van der Waals surface area contributed by atoms with Crippen molar-refractivity contribution in [1.29, 1.82) is 0 Å². The normalized spacial score (nSPS) is 11.0. The maximum atomic E-state index is 12.9. The van der Waals surface area contributed by atoms with Gasteiger partial charge in [0.25, 0.3) is 11.7 Å². The van der Waals surface area contributed by atoms with Gasteiger partial charge >= 0.3 is 0 Å². The number of anilines is 1. The molecule has 0 aliphatic carbocycles. The number of nitrogens with one attached hydrogen (secondary N) is 1. The predicted octanol–water partition coefficient (Wildman–Crippen LogP) is 2.90. The molecule has 0 aliphatic heterocycles. The maximum absolute atomic E-state index is 12.9. The molecule has 0 bridgehead atoms. The average molecular weight is 388 g/mol. The fourth-order valence-corrected chi connectivity index (χ4v) is 3.47. The number of nitrogens with zero attached hydrogens (tertiary/aromatic N) is 5. The first kappa shape index (κ1) is 18.5. The van der Waals surface area contributed by atoms with Crippen molar-refractivity contribution in [3.05, 3.63) is 65.2 Å². The van der Waals surface area contributed by atoms with Crippen LogP contribution in [0.4, 0.5) is 5.69 Å². The van der Waals surface area contributed by atoms with E-state index in [1.54, 1.807) is 36.3 Å². The molecule has 0 saturated carbocycles. The predicted molar refractivity (Wildman–Crippen MR) is 109 cm³/mol. The van der Waals surface area contributed by atoms with Crippen molar-refractivity contribution in [3.8, 4) is 5.69 Å². The molecule has 0 unspecified atom stereocenters. The van der Waals surface area contributed by atoms with Crippen molar-refractivity contribution >= 4 is 28.4 Å². The van der Waals surface area contributed by atoms with Gasteiger partial charge in [0.1, 0.15) is 0 Å². The lowest BCUT2D eigenvalue weighted by Crippen LogP contribution is -2.24. The van der Waals surface area contributed by atoms with E-state index in [9.17, 15) is 9.59 Å². The molecule has 0 saturated heterocycles. The second kappa shape index (κ2) is 6.97. The van der Waals surface area contributed by atoms with E-state index in [1.807, 2.05) is 37.3 Å². The number of pyridine rings is 1. The third kappa shape index (κ3) is 3.18. The smallest absolute Gasteiger partial charge is 0.296 e. The number of amides is 1. The standard InChI is InChI=1S/C21H20N6O2/c1-12-17-10-15(11-22-20(17)26(4)24-12)23-21(29)19(28)18-13(2)25-27(14(18)3)16-8-6-5-7-9-16/h5-11H,1-4H3,(H,23,29). The molecule has 1 N–H and O–H groups in total. The summed E-state index contributed by atoms with van der Waals surface area (Å²) in [4.78, 5) is 29.8. The summed E-state index contributed by atoms with van der Waals surface area (Å²) in [5.41, 5.74) is 4.20. The van der Waals surface area contributed by atoms with Crippen LogP contribution in [0.5, 0.6) is 0 Å². The quantitative estimate of drug-likeness (QED) is 0.428. The maximum Gasteiger partial charge on any atom is 0.296 e. The number of para-hydroxylation sites is 1. The van der Waals surface area contributed by atoms with Gasteiger partial charge in [0.05, 0.1) is 40.2 Å². The molecular formula is C21H20N6O2. The van der Waals surface area contributed by atoms with E-state index >= 15 is 0 Å². The first-order valence-electron chi connectivity index (χ1n) is 9.13. The highest BCUT2D eigenvalue weighted by molar-refractivity contribution is 6.47. The van der Waals surface area contributed by atoms with Gasteiger partial charge in [-0.1, -0.05) is 18.2 Å². The summed E-state index contributed by atoms with van der Waals surface area (Å²) in [5.74, 6) is -1.36. The highest BCUT2D eigenvalue weighted by atomic mass is 16.2. The Morgan fingerprint density at radius 2 is 1.72 bits per heavy atom. The van der Waals surface area contributed by atoms with Gasteiger partial charge < -0.3 is 5.32 Å². The summed E-state index contributed by atoms with van der Waals surface area (Å²) in [6.07, 6.45) is 1.52. The van der Waals surface area contributed by atoms with Gasteiger partial charge in [0.2, 0.25) is 0 Å². The zero-order valence-corrected chi connectivity index (χ0v) is 16.6. The number of Topliss-reactive ketones (excluding diaryl/α,β-unsaturated/α-hetero) is 1. The molecule has 3 aromatic heterocycles. The number of benzene rings is 1. The van der Waals surface area contributed by atoms with Crippen molar-refractivity contribution in [1.82, 2.24) is 24.5 Å². The minimum atomic E-state index is -0.730. The van der Waals surface area contributed by atoms with E-state index in [-0.39, 0.29) is 0 Å². The first-order valence-corrected chi connectivity index (χ1v) is 9.13. The Balaban J connectivity index is 1.63. The minimum Gasteiger partial charge on any atom is -0.318 e.